The van der Waals surface area contributed by atoms with E-state index < -0.39 is 0 Å². The van der Waals surface area contributed by atoms with E-state index >= 15 is 0 Å². The monoisotopic (exact) mass is 218 g/mol. The summed E-state index contributed by atoms with van der Waals surface area (Å²) in [4.78, 5) is 16.5. The summed E-state index contributed by atoms with van der Waals surface area (Å²) < 4.78 is 6.68. The standard InChI is InChI=1S/C12H14N2O2/c1-4-11-13-10-6-5-8(16-3)7-9(10)12(15)14(11)2/h5-7H,4H2,1-3H3. The van der Waals surface area contributed by atoms with E-state index in [1.165, 1.54) is 0 Å². The molecule has 0 aliphatic rings. The molecule has 4 nitrogen and oxygen atoms in total. The Hall–Kier alpha value is -1.84. The first kappa shape index (κ1) is 10.7. The van der Waals surface area contributed by atoms with Gasteiger partial charge in [-0.2, -0.15) is 0 Å². The number of nitrogens with zero attached hydrogens (tertiary/aromatic N) is 2. The average molecular weight is 218 g/mol. The lowest BCUT2D eigenvalue weighted by Gasteiger charge is -2.08. The highest BCUT2D eigenvalue weighted by molar-refractivity contribution is 5.79. The van der Waals surface area contributed by atoms with Crippen molar-refractivity contribution in [3.63, 3.8) is 0 Å². The van der Waals surface area contributed by atoms with Crippen LogP contribution in [0.4, 0.5) is 0 Å². The van der Waals surface area contributed by atoms with Crippen LogP contribution in [-0.4, -0.2) is 16.7 Å². The fourth-order valence-electron chi connectivity index (χ4n) is 1.74. The van der Waals surface area contributed by atoms with E-state index in [4.69, 9.17) is 4.74 Å². The van der Waals surface area contributed by atoms with Gasteiger partial charge in [-0.15, -0.1) is 0 Å². The van der Waals surface area contributed by atoms with Crippen LogP contribution in [0.5, 0.6) is 5.75 Å². The largest absolute Gasteiger partial charge is 0.497 e. The van der Waals surface area contributed by atoms with Gasteiger partial charge in [-0.3, -0.25) is 9.36 Å². The first-order valence-electron chi connectivity index (χ1n) is 5.21. The Morgan fingerprint density at radius 2 is 2.19 bits per heavy atom. The van der Waals surface area contributed by atoms with Crippen molar-refractivity contribution in [1.82, 2.24) is 9.55 Å². The van der Waals surface area contributed by atoms with Gasteiger partial charge in [0.2, 0.25) is 0 Å². The fourth-order valence-corrected chi connectivity index (χ4v) is 1.74. The molecule has 0 unspecified atom stereocenters. The molecule has 0 fully saturated rings. The van der Waals surface area contributed by atoms with E-state index in [1.54, 1.807) is 24.8 Å². The minimum absolute atomic E-state index is 0.0271. The first-order valence-corrected chi connectivity index (χ1v) is 5.21. The van der Waals surface area contributed by atoms with Crippen molar-refractivity contribution in [2.24, 2.45) is 7.05 Å². The number of aryl methyl sites for hydroxylation is 1. The number of ether oxygens (including phenoxy) is 1. The third kappa shape index (κ3) is 1.56. The maximum absolute atomic E-state index is 12.0. The molecule has 0 saturated carbocycles. The number of fused-ring (bicyclic) bond motifs is 1. The molecule has 0 saturated heterocycles. The summed E-state index contributed by atoms with van der Waals surface area (Å²) in [6.45, 7) is 1.98. The molecule has 4 heteroatoms. The number of aromatic nitrogens is 2. The minimum Gasteiger partial charge on any atom is -0.497 e. The normalized spacial score (nSPS) is 10.7. The lowest BCUT2D eigenvalue weighted by Crippen LogP contribution is -2.21. The van der Waals surface area contributed by atoms with Crippen LogP contribution >= 0.6 is 0 Å². The lowest BCUT2D eigenvalue weighted by molar-refractivity contribution is 0.415. The fraction of sp³-hybridized carbons (Fsp3) is 0.333. The van der Waals surface area contributed by atoms with Crippen LogP contribution in [0, 0.1) is 0 Å². The van der Waals surface area contributed by atoms with Crippen molar-refractivity contribution >= 4 is 10.9 Å². The van der Waals surface area contributed by atoms with Crippen LogP contribution in [0.15, 0.2) is 23.0 Å². The van der Waals surface area contributed by atoms with Crippen LogP contribution in [0.25, 0.3) is 10.9 Å². The number of methoxy groups -OCH3 is 1. The molecule has 2 aromatic rings. The van der Waals surface area contributed by atoms with E-state index in [1.807, 2.05) is 19.1 Å². The highest BCUT2D eigenvalue weighted by Gasteiger charge is 2.07. The van der Waals surface area contributed by atoms with Gasteiger partial charge in [0.1, 0.15) is 11.6 Å². The van der Waals surface area contributed by atoms with Gasteiger partial charge in [0.15, 0.2) is 0 Å². The van der Waals surface area contributed by atoms with Gasteiger partial charge in [0.25, 0.3) is 5.56 Å². The maximum atomic E-state index is 12.0. The zero-order valence-electron chi connectivity index (χ0n) is 9.65. The van der Waals surface area contributed by atoms with E-state index in [0.717, 1.165) is 17.8 Å². The molecule has 0 atom stereocenters. The van der Waals surface area contributed by atoms with Crippen LogP contribution < -0.4 is 10.3 Å². The lowest BCUT2D eigenvalue weighted by atomic mass is 10.2. The molecule has 16 heavy (non-hydrogen) atoms. The molecule has 0 radical (unpaired) electrons. The predicted molar refractivity (Wildman–Crippen MR) is 62.9 cm³/mol. The van der Waals surface area contributed by atoms with Crippen molar-refractivity contribution in [2.75, 3.05) is 7.11 Å². The number of rotatable bonds is 2. The Bertz CT molecular complexity index is 587. The van der Waals surface area contributed by atoms with E-state index in [0.29, 0.717) is 11.1 Å². The Labute approximate surface area is 93.5 Å². The van der Waals surface area contributed by atoms with Gasteiger partial charge in [0, 0.05) is 13.5 Å². The summed E-state index contributed by atoms with van der Waals surface area (Å²) in [5.74, 6) is 1.47. The Kier molecular flexibility index (Phi) is 2.64. The Morgan fingerprint density at radius 1 is 1.44 bits per heavy atom. The average Bonchev–Trinajstić information content (AvgIpc) is 2.33. The molecule has 0 aliphatic carbocycles. The van der Waals surface area contributed by atoms with E-state index in [-0.39, 0.29) is 5.56 Å². The molecule has 0 bridgehead atoms. The van der Waals surface area contributed by atoms with Gasteiger partial charge in [-0.05, 0) is 18.2 Å². The molecule has 0 aliphatic heterocycles. The molecule has 2 rings (SSSR count). The third-order valence-electron chi connectivity index (χ3n) is 2.69. The first-order chi connectivity index (χ1) is 7.67. The van der Waals surface area contributed by atoms with Crippen LogP contribution in [0.1, 0.15) is 12.7 Å². The molecule has 1 aromatic carbocycles. The number of benzene rings is 1. The Morgan fingerprint density at radius 3 is 2.81 bits per heavy atom. The SMILES string of the molecule is CCc1nc2ccc(OC)cc2c(=O)n1C. The van der Waals surface area contributed by atoms with Gasteiger partial charge < -0.3 is 4.74 Å². The molecular formula is C12H14N2O2. The smallest absolute Gasteiger partial charge is 0.261 e. The summed E-state index contributed by atoms with van der Waals surface area (Å²) in [5.41, 5.74) is 0.696. The highest BCUT2D eigenvalue weighted by Crippen LogP contribution is 2.16. The summed E-state index contributed by atoms with van der Waals surface area (Å²) in [6, 6.07) is 5.35. The van der Waals surface area contributed by atoms with Crippen LogP contribution in [0.3, 0.4) is 0 Å². The topological polar surface area (TPSA) is 44.1 Å². The zero-order valence-corrected chi connectivity index (χ0v) is 9.65. The maximum Gasteiger partial charge on any atom is 0.261 e. The molecular weight excluding hydrogens is 204 g/mol. The minimum atomic E-state index is -0.0271. The molecule has 0 spiro atoms. The molecule has 1 aromatic heterocycles. The summed E-state index contributed by atoms with van der Waals surface area (Å²) in [5, 5.41) is 0.596. The van der Waals surface area contributed by atoms with Crippen molar-refractivity contribution in [1.29, 1.82) is 0 Å². The second-order valence-electron chi connectivity index (χ2n) is 3.63. The third-order valence-corrected chi connectivity index (χ3v) is 2.69. The van der Waals surface area contributed by atoms with E-state index in [2.05, 4.69) is 4.98 Å². The van der Waals surface area contributed by atoms with Gasteiger partial charge in [-0.25, -0.2) is 4.98 Å². The quantitative estimate of drug-likeness (QED) is 0.767. The van der Waals surface area contributed by atoms with Gasteiger partial charge in [0.05, 0.1) is 18.0 Å². The van der Waals surface area contributed by atoms with Crippen molar-refractivity contribution in [2.45, 2.75) is 13.3 Å². The summed E-state index contributed by atoms with van der Waals surface area (Å²) in [7, 11) is 3.33. The van der Waals surface area contributed by atoms with E-state index in [9.17, 15) is 4.79 Å². The number of hydrogen-bond donors (Lipinski definition) is 0. The van der Waals surface area contributed by atoms with Crippen molar-refractivity contribution < 1.29 is 4.74 Å². The van der Waals surface area contributed by atoms with Crippen molar-refractivity contribution in [3.05, 3.63) is 34.4 Å². The Balaban J connectivity index is 2.82. The highest BCUT2D eigenvalue weighted by atomic mass is 16.5. The predicted octanol–water partition coefficient (Wildman–Crippen LogP) is 1.50. The van der Waals surface area contributed by atoms with Crippen LogP contribution in [-0.2, 0) is 13.5 Å². The summed E-state index contributed by atoms with van der Waals surface area (Å²) in [6.07, 6.45) is 0.744. The van der Waals surface area contributed by atoms with Crippen LogP contribution in [0.2, 0.25) is 0 Å². The second-order valence-corrected chi connectivity index (χ2v) is 3.63. The molecule has 0 N–H and O–H groups in total. The molecule has 1 heterocycles. The zero-order chi connectivity index (χ0) is 11.7. The van der Waals surface area contributed by atoms with Gasteiger partial charge >= 0.3 is 0 Å². The van der Waals surface area contributed by atoms with Gasteiger partial charge in [-0.1, -0.05) is 6.92 Å². The number of hydrogen-bond acceptors (Lipinski definition) is 3. The van der Waals surface area contributed by atoms with Crippen molar-refractivity contribution in [3.8, 4) is 5.75 Å². The molecule has 84 valence electrons. The molecule has 0 amide bonds. The summed E-state index contributed by atoms with van der Waals surface area (Å²) >= 11 is 0. The second kappa shape index (κ2) is 3.96.